The third kappa shape index (κ3) is 8.31. The van der Waals surface area contributed by atoms with Crippen LogP contribution in [-0.4, -0.2) is 39.3 Å². The van der Waals surface area contributed by atoms with Gasteiger partial charge in [-0.25, -0.2) is 4.68 Å². The van der Waals surface area contributed by atoms with Crippen molar-refractivity contribution in [2.75, 3.05) is 13.2 Å². The molecule has 0 bridgehead atoms. The van der Waals surface area contributed by atoms with Crippen molar-refractivity contribution < 1.29 is 9.53 Å². The third-order valence-electron chi connectivity index (χ3n) is 5.97. The van der Waals surface area contributed by atoms with E-state index in [-0.39, 0.29) is 5.91 Å². The van der Waals surface area contributed by atoms with Gasteiger partial charge in [0.1, 0.15) is 5.75 Å². The molecule has 0 aliphatic heterocycles. The average molecular weight is 496 g/mol. The number of amides is 1. The third-order valence-corrected chi connectivity index (χ3v) is 6.23. The summed E-state index contributed by atoms with van der Waals surface area (Å²) in [7, 11) is 0. The number of nitrogens with zero attached hydrogens (tertiary/aromatic N) is 3. The van der Waals surface area contributed by atoms with Crippen LogP contribution in [-0.2, 0) is 12.8 Å². The fourth-order valence-corrected chi connectivity index (χ4v) is 4.14. The normalized spacial score (nSPS) is 10.9. The number of tetrazole rings is 1. The van der Waals surface area contributed by atoms with Gasteiger partial charge in [-0.1, -0.05) is 62.0 Å². The molecule has 0 unspecified atom stereocenters. The van der Waals surface area contributed by atoms with Crippen LogP contribution in [0.15, 0.2) is 42.5 Å². The zero-order chi connectivity index (χ0) is 24.9. The summed E-state index contributed by atoms with van der Waals surface area (Å²) in [4.78, 5) is 12.5. The lowest BCUT2D eigenvalue weighted by Crippen LogP contribution is -2.25. The van der Waals surface area contributed by atoms with Crippen molar-refractivity contribution in [2.45, 2.75) is 71.6 Å². The van der Waals surface area contributed by atoms with E-state index >= 15 is 0 Å². The van der Waals surface area contributed by atoms with Gasteiger partial charge in [0.15, 0.2) is 0 Å². The van der Waals surface area contributed by atoms with Crippen molar-refractivity contribution >= 4 is 18.1 Å². The van der Waals surface area contributed by atoms with Gasteiger partial charge in [0.05, 0.1) is 12.3 Å². The number of carbonyl (C=O) groups excluding carboxylic acids is 1. The summed E-state index contributed by atoms with van der Waals surface area (Å²) in [5, 5.41) is 13.1. The molecule has 3 aromatic rings. The van der Waals surface area contributed by atoms with Crippen molar-refractivity contribution in [3.05, 3.63) is 63.9 Å². The van der Waals surface area contributed by atoms with Crippen LogP contribution in [0.5, 0.6) is 5.75 Å². The van der Waals surface area contributed by atoms with E-state index in [0.29, 0.717) is 23.5 Å². The Hall–Kier alpha value is -3.00. The van der Waals surface area contributed by atoms with Crippen LogP contribution < -0.4 is 10.1 Å². The van der Waals surface area contributed by atoms with Crippen LogP contribution in [0.3, 0.4) is 0 Å². The van der Waals surface area contributed by atoms with E-state index in [4.69, 9.17) is 17.0 Å². The molecule has 0 spiro atoms. The highest BCUT2D eigenvalue weighted by molar-refractivity contribution is 7.71. The van der Waals surface area contributed by atoms with E-state index in [1.165, 1.54) is 49.7 Å². The molecule has 3 rings (SSSR count). The van der Waals surface area contributed by atoms with E-state index in [1.807, 2.05) is 0 Å². The maximum Gasteiger partial charge on any atom is 0.251 e. The number of benzene rings is 2. The van der Waals surface area contributed by atoms with E-state index in [2.05, 4.69) is 52.9 Å². The number of ether oxygens (including phenoxy) is 1. The molecule has 0 radical (unpaired) electrons. The Bertz CT molecular complexity index is 1110. The standard InChI is InChI=1S/C27H37N5O2S/c1-3-5-7-10-21-12-17-25(23(20-21)11-8-6-4-2)34-19-9-18-28-26(33)22-13-15-24(16-14-22)32-27(35)29-30-31-32/h12-17,20H,3-11,18-19H2,1-2H3,(H,28,33)(H,29,31,35). The molecule has 0 aliphatic carbocycles. The Morgan fingerprint density at radius 1 is 1.00 bits per heavy atom. The zero-order valence-corrected chi connectivity index (χ0v) is 21.7. The summed E-state index contributed by atoms with van der Waals surface area (Å²) in [5.74, 6) is 0.869. The van der Waals surface area contributed by atoms with Gasteiger partial charge in [-0.05, 0) is 85.8 Å². The predicted octanol–water partition coefficient (Wildman–Crippen LogP) is 5.99. The van der Waals surface area contributed by atoms with Crippen LogP contribution >= 0.6 is 12.2 Å². The minimum atomic E-state index is -0.112. The Balaban J connectivity index is 1.46. The van der Waals surface area contributed by atoms with Crippen molar-refractivity contribution in [1.29, 1.82) is 0 Å². The van der Waals surface area contributed by atoms with E-state index in [9.17, 15) is 4.79 Å². The highest BCUT2D eigenvalue weighted by Gasteiger charge is 2.08. The van der Waals surface area contributed by atoms with Crippen molar-refractivity contribution in [1.82, 2.24) is 25.5 Å². The smallest absolute Gasteiger partial charge is 0.251 e. The maximum atomic E-state index is 12.5. The maximum absolute atomic E-state index is 12.5. The van der Waals surface area contributed by atoms with Gasteiger partial charge in [0.25, 0.3) is 5.91 Å². The van der Waals surface area contributed by atoms with Crippen molar-refractivity contribution in [3.63, 3.8) is 0 Å². The first-order valence-electron chi connectivity index (χ1n) is 12.8. The second-order valence-electron chi connectivity index (χ2n) is 8.78. The predicted molar refractivity (Wildman–Crippen MR) is 142 cm³/mol. The highest BCUT2D eigenvalue weighted by Crippen LogP contribution is 2.24. The van der Waals surface area contributed by atoms with Gasteiger partial charge in [-0.2, -0.15) is 5.21 Å². The topological polar surface area (TPSA) is 84.8 Å². The average Bonchev–Trinajstić information content (AvgIpc) is 3.31. The zero-order valence-electron chi connectivity index (χ0n) is 20.9. The molecule has 8 heteroatoms. The summed E-state index contributed by atoms with van der Waals surface area (Å²) in [6.45, 7) is 5.59. The first-order chi connectivity index (χ1) is 17.1. The Morgan fingerprint density at radius 2 is 1.74 bits per heavy atom. The molecule has 188 valence electrons. The first kappa shape index (κ1) is 26.6. The molecule has 35 heavy (non-hydrogen) atoms. The lowest BCUT2D eigenvalue weighted by molar-refractivity contribution is 0.0951. The molecule has 2 aromatic carbocycles. The minimum Gasteiger partial charge on any atom is -0.493 e. The number of carbonyl (C=O) groups is 1. The first-order valence-corrected chi connectivity index (χ1v) is 13.2. The van der Waals surface area contributed by atoms with Gasteiger partial charge in [0.2, 0.25) is 4.77 Å². The second-order valence-corrected chi connectivity index (χ2v) is 9.14. The Kier molecular flexibility index (Phi) is 11.0. The molecule has 0 aliphatic rings. The molecular weight excluding hydrogens is 458 g/mol. The van der Waals surface area contributed by atoms with Gasteiger partial charge >= 0.3 is 0 Å². The van der Waals surface area contributed by atoms with Crippen molar-refractivity contribution in [3.8, 4) is 11.4 Å². The van der Waals surface area contributed by atoms with Gasteiger partial charge in [0, 0.05) is 12.1 Å². The number of rotatable bonds is 15. The van der Waals surface area contributed by atoms with Crippen LogP contribution in [0, 0.1) is 4.77 Å². The van der Waals surface area contributed by atoms with Gasteiger partial charge in [-0.15, -0.1) is 0 Å². The molecule has 7 nitrogen and oxygen atoms in total. The summed E-state index contributed by atoms with van der Waals surface area (Å²) in [6, 6.07) is 13.8. The summed E-state index contributed by atoms with van der Waals surface area (Å²) < 4.78 is 8.03. The fraction of sp³-hybridized carbons (Fsp3) is 0.481. The quantitative estimate of drug-likeness (QED) is 0.200. The van der Waals surface area contributed by atoms with E-state index in [0.717, 1.165) is 30.7 Å². The molecule has 1 heterocycles. The number of aromatic amines is 1. The minimum absolute atomic E-state index is 0.112. The number of nitrogens with one attached hydrogen (secondary N) is 2. The Morgan fingerprint density at radius 3 is 2.43 bits per heavy atom. The number of aryl methyl sites for hydroxylation is 2. The van der Waals surface area contributed by atoms with Crippen LogP contribution in [0.4, 0.5) is 0 Å². The summed E-state index contributed by atoms with van der Waals surface area (Å²) >= 11 is 5.10. The molecule has 0 atom stereocenters. The number of H-pyrrole nitrogens is 1. The molecule has 0 saturated carbocycles. The number of unbranched alkanes of at least 4 members (excludes halogenated alkanes) is 4. The number of hydrogen-bond acceptors (Lipinski definition) is 5. The summed E-state index contributed by atoms with van der Waals surface area (Å²) in [6.07, 6.45) is 10.3. The molecule has 0 fully saturated rings. The monoisotopic (exact) mass is 495 g/mol. The summed E-state index contributed by atoms with van der Waals surface area (Å²) in [5.41, 5.74) is 4.08. The van der Waals surface area contributed by atoms with Gasteiger partial charge in [-0.3, -0.25) is 4.79 Å². The van der Waals surface area contributed by atoms with E-state index < -0.39 is 0 Å². The fourth-order valence-electron chi connectivity index (χ4n) is 3.95. The number of aromatic nitrogens is 4. The molecule has 2 N–H and O–H groups in total. The SMILES string of the molecule is CCCCCc1ccc(OCCCNC(=O)c2ccc(-n3[nH]nnc3=S)cc2)c(CCCCC)c1. The molecule has 1 amide bonds. The van der Waals surface area contributed by atoms with Crippen LogP contribution in [0.25, 0.3) is 5.69 Å². The van der Waals surface area contributed by atoms with Crippen molar-refractivity contribution in [2.24, 2.45) is 0 Å². The lowest BCUT2D eigenvalue weighted by Gasteiger charge is -2.14. The molecule has 0 saturated heterocycles. The molecular formula is C27H37N5O2S. The second kappa shape index (κ2) is 14.4. The lowest BCUT2D eigenvalue weighted by atomic mass is 10.00. The van der Waals surface area contributed by atoms with E-state index in [1.54, 1.807) is 28.9 Å². The van der Waals surface area contributed by atoms with Crippen LogP contribution in [0.2, 0.25) is 0 Å². The largest absolute Gasteiger partial charge is 0.493 e. The van der Waals surface area contributed by atoms with Crippen LogP contribution in [0.1, 0.15) is 80.3 Å². The Labute approximate surface area is 213 Å². The molecule has 1 aromatic heterocycles. The number of hydrogen-bond donors (Lipinski definition) is 2. The van der Waals surface area contributed by atoms with Gasteiger partial charge < -0.3 is 10.1 Å². The highest BCUT2D eigenvalue weighted by atomic mass is 32.1.